The first-order chi connectivity index (χ1) is 8.90. The predicted octanol–water partition coefficient (Wildman–Crippen LogP) is 3.18. The molecule has 2 rings (SSSR count). The first-order valence-electron chi connectivity index (χ1n) is 5.58. The number of imide groups is 1. The fraction of sp³-hybridized carbons (Fsp3) is 0.231. The minimum Gasteiger partial charge on any atom is -0.377 e. The second-order valence-corrected chi connectivity index (χ2v) is 6.19. The van der Waals surface area contributed by atoms with Gasteiger partial charge in [-0.1, -0.05) is 6.07 Å². The normalized spacial score (nSPS) is 17.5. The largest absolute Gasteiger partial charge is 0.377 e. The summed E-state index contributed by atoms with van der Waals surface area (Å²) in [5.74, 6) is -0.247. The van der Waals surface area contributed by atoms with Gasteiger partial charge >= 0.3 is 0 Å². The molecule has 100 valence electrons. The van der Waals surface area contributed by atoms with Crippen LogP contribution in [0.3, 0.4) is 0 Å². The Hall–Kier alpha value is -1.27. The second kappa shape index (κ2) is 5.38. The van der Waals surface area contributed by atoms with Gasteiger partial charge in [0.15, 0.2) is 0 Å². The molecule has 4 nitrogen and oxygen atoms in total. The van der Waals surface area contributed by atoms with Gasteiger partial charge in [0.1, 0.15) is 0 Å². The number of anilines is 1. The molecule has 0 radical (unpaired) electrons. The van der Waals surface area contributed by atoms with E-state index in [1.54, 1.807) is 6.08 Å². The van der Waals surface area contributed by atoms with E-state index in [4.69, 9.17) is 0 Å². The number of hydrogen-bond donors (Lipinski definition) is 0. The molecule has 1 aromatic rings. The molecule has 0 aromatic heterocycles. The average molecular weight is 341 g/mol. The lowest BCUT2D eigenvalue weighted by molar-refractivity contribution is -0.121. The van der Waals surface area contributed by atoms with Gasteiger partial charge in [0, 0.05) is 25.6 Å². The Morgan fingerprint density at radius 2 is 2.00 bits per heavy atom. The van der Waals surface area contributed by atoms with Gasteiger partial charge in [0.2, 0.25) is 0 Å². The van der Waals surface area contributed by atoms with Crippen molar-refractivity contribution in [2.24, 2.45) is 0 Å². The zero-order chi connectivity index (χ0) is 14.2. The SMILES string of the molecule is CN1C(=O)SC(=Cc2ccc(N(C)C)c(Br)c2)C1=O. The molecule has 1 heterocycles. The van der Waals surface area contributed by atoms with Crippen molar-refractivity contribution < 1.29 is 9.59 Å². The molecule has 0 N–H and O–H groups in total. The Morgan fingerprint density at radius 1 is 1.32 bits per heavy atom. The van der Waals surface area contributed by atoms with E-state index in [-0.39, 0.29) is 11.1 Å². The standard InChI is InChI=1S/C13H13BrN2O2S/c1-15(2)10-5-4-8(6-9(10)14)7-11-12(17)16(3)13(18)19-11/h4-7H,1-3H3. The molecule has 2 amide bonds. The number of carbonyl (C=O) groups excluding carboxylic acids is 2. The van der Waals surface area contributed by atoms with Gasteiger partial charge < -0.3 is 4.90 Å². The van der Waals surface area contributed by atoms with Crippen LogP contribution in [0.1, 0.15) is 5.56 Å². The maximum atomic E-state index is 11.8. The van der Waals surface area contributed by atoms with Crippen LogP contribution in [0.4, 0.5) is 10.5 Å². The van der Waals surface area contributed by atoms with Crippen LogP contribution >= 0.6 is 27.7 Å². The number of thioether (sulfide) groups is 1. The third-order valence-corrected chi connectivity index (χ3v) is 4.33. The van der Waals surface area contributed by atoms with Gasteiger partial charge in [-0.15, -0.1) is 0 Å². The van der Waals surface area contributed by atoms with E-state index in [2.05, 4.69) is 15.9 Å². The summed E-state index contributed by atoms with van der Waals surface area (Å²) >= 11 is 4.46. The van der Waals surface area contributed by atoms with Crippen molar-refractivity contribution in [3.8, 4) is 0 Å². The zero-order valence-corrected chi connectivity index (χ0v) is 13.2. The Kier molecular flexibility index (Phi) is 4.01. The van der Waals surface area contributed by atoms with Gasteiger partial charge in [0.25, 0.3) is 11.1 Å². The van der Waals surface area contributed by atoms with Gasteiger partial charge in [-0.05, 0) is 51.5 Å². The van der Waals surface area contributed by atoms with E-state index < -0.39 is 0 Å². The van der Waals surface area contributed by atoms with E-state index in [0.717, 1.165) is 32.4 Å². The lowest BCUT2D eigenvalue weighted by Gasteiger charge is -2.14. The number of benzene rings is 1. The number of rotatable bonds is 2. The van der Waals surface area contributed by atoms with Crippen LogP contribution in [0.25, 0.3) is 6.08 Å². The summed E-state index contributed by atoms with van der Waals surface area (Å²) in [6.07, 6.45) is 1.73. The summed E-state index contributed by atoms with van der Waals surface area (Å²) in [5, 5.41) is -0.236. The third-order valence-electron chi connectivity index (χ3n) is 2.74. The molecule has 0 unspecified atom stereocenters. The molecule has 0 bridgehead atoms. The highest BCUT2D eigenvalue weighted by atomic mass is 79.9. The van der Waals surface area contributed by atoms with E-state index in [0.29, 0.717) is 4.91 Å². The Balaban J connectivity index is 2.32. The number of nitrogens with zero attached hydrogens (tertiary/aromatic N) is 2. The molecule has 1 aliphatic rings. The van der Waals surface area contributed by atoms with E-state index in [1.165, 1.54) is 7.05 Å². The zero-order valence-electron chi connectivity index (χ0n) is 10.8. The molecule has 1 aliphatic heterocycles. The number of halogens is 1. The quantitative estimate of drug-likeness (QED) is 0.775. The molecule has 0 saturated carbocycles. The van der Waals surface area contributed by atoms with Crippen molar-refractivity contribution in [1.29, 1.82) is 0 Å². The minimum absolute atomic E-state index is 0.236. The van der Waals surface area contributed by atoms with Crippen molar-refractivity contribution in [2.45, 2.75) is 0 Å². The summed E-state index contributed by atoms with van der Waals surface area (Å²) in [4.78, 5) is 26.8. The van der Waals surface area contributed by atoms with E-state index >= 15 is 0 Å². The smallest absolute Gasteiger partial charge is 0.293 e. The molecule has 0 spiro atoms. The molecule has 1 aromatic carbocycles. The van der Waals surface area contributed by atoms with Gasteiger partial charge in [0.05, 0.1) is 10.6 Å². The van der Waals surface area contributed by atoms with Gasteiger partial charge in [-0.3, -0.25) is 14.5 Å². The van der Waals surface area contributed by atoms with Crippen molar-refractivity contribution in [1.82, 2.24) is 4.90 Å². The maximum absolute atomic E-state index is 11.8. The van der Waals surface area contributed by atoms with Crippen LogP contribution in [-0.2, 0) is 4.79 Å². The van der Waals surface area contributed by atoms with E-state index in [9.17, 15) is 9.59 Å². The number of likely N-dealkylation sites (N-methyl/N-ethyl adjacent to an activating group) is 1. The van der Waals surface area contributed by atoms with Crippen LogP contribution in [0.2, 0.25) is 0 Å². The molecule has 0 atom stereocenters. The summed E-state index contributed by atoms with van der Waals surface area (Å²) in [5.41, 5.74) is 1.94. The number of amides is 2. The number of carbonyl (C=O) groups is 2. The van der Waals surface area contributed by atoms with Crippen LogP contribution < -0.4 is 4.90 Å². The fourth-order valence-electron chi connectivity index (χ4n) is 1.67. The van der Waals surface area contributed by atoms with Gasteiger partial charge in [-0.25, -0.2) is 0 Å². The molecular weight excluding hydrogens is 328 g/mol. The molecule has 1 saturated heterocycles. The predicted molar refractivity (Wildman–Crippen MR) is 82.2 cm³/mol. The number of hydrogen-bond acceptors (Lipinski definition) is 4. The van der Waals surface area contributed by atoms with Crippen molar-refractivity contribution >= 4 is 50.6 Å². The lowest BCUT2D eigenvalue weighted by Crippen LogP contribution is -2.22. The summed E-state index contributed by atoms with van der Waals surface area (Å²) in [7, 11) is 5.41. The van der Waals surface area contributed by atoms with Gasteiger partial charge in [-0.2, -0.15) is 0 Å². The van der Waals surface area contributed by atoms with Crippen molar-refractivity contribution in [2.75, 3.05) is 26.0 Å². The first kappa shape index (κ1) is 14.1. The molecular formula is C13H13BrN2O2S. The monoisotopic (exact) mass is 340 g/mol. The fourth-order valence-corrected chi connectivity index (χ4v) is 3.25. The third kappa shape index (κ3) is 2.84. The summed E-state index contributed by atoms with van der Waals surface area (Å²) in [6, 6.07) is 5.81. The topological polar surface area (TPSA) is 40.6 Å². The van der Waals surface area contributed by atoms with Crippen LogP contribution in [0.5, 0.6) is 0 Å². The van der Waals surface area contributed by atoms with Crippen molar-refractivity contribution in [3.05, 3.63) is 33.1 Å². The lowest BCUT2D eigenvalue weighted by atomic mass is 10.2. The highest BCUT2D eigenvalue weighted by molar-refractivity contribution is 9.10. The van der Waals surface area contributed by atoms with Crippen LogP contribution in [0, 0.1) is 0 Å². The maximum Gasteiger partial charge on any atom is 0.293 e. The molecule has 19 heavy (non-hydrogen) atoms. The Labute approximate surface area is 124 Å². The average Bonchev–Trinajstić information content (AvgIpc) is 2.57. The summed E-state index contributed by atoms with van der Waals surface area (Å²) < 4.78 is 0.946. The first-order valence-corrected chi connectivity index (χ1v) is 7.19. The Bertz CT molecular complexity index is 584. The molecule has 1 fully saturated rings. The molecule has 6 heteroatoms. The second-order valence-electron chi connectivity index (χ2n) is 4.35. The molecule has 0 aliphatic carbocycles. The Morgan fingerprint density at radius 3 is 2.47 bits per heavy atom. The highest BCUT2D eigenvalue weighted by Gasteiger charge is 2.31. The van der Waals surface area contributed by atoms with Crippen molar-refractivity contribution in [3.63, 3.8) is 0 Å². The summed E-state index contributed by atoms with van der Waals surface area (Å²) in [6.45, 7) is 0. The van der Waals surface area contributed by atoms with Crippen LogP contribution in [-0.4, -0.2) is 37.2 Å². The van der Waals surface area contributed by atoms with E-state index in [1.807, 2.05) is 37.2 Å². The highest BCUT2D eigenvalue weighted by Crippen LogP contribution is 2.32. The van der Waals surface area contributed by atoms with Crippen LogP contribution in [0.15, 0.2) is 27.6 Å². The minimum atomic E-state index is -0.247.